The van der Waals surface area contributed by atoms with Crippen LogP contribution < -0.4 is 5.73 Å². The average Bonchev–Trinajstić information content (AvgIpc) is 2.30. The smallest absolute Gasteiger partial charge is 0.232 e. The fraction of sp³-hybridized carbons (Fsp3) is 0.778. The Balaban J connectivity index is 2.64. The van der Waals surface area contributed by atoms with Gasteiger partial charge in [-0.1, -0.05) is 13.8 Å². The van der Waals surface area contributed by atoms with Crippen LogP contribution in [0.3, 0.4) is 0 Å². The Morgan fingerprint density at radius 1 is 1.23 bits per heavy atom. The lowest BCUT2D eigenvalue weighted by molar-refractivity contribution is -0.139. The maximum absolute atomic E-state index is 11.5. The molecule has 1 fully saturated rings. The monoisotopic (exact) mass is 184 g/mol. The highest BCUT2D eigenvalue weighted by molar-refractivity contribution is 6.04. The van der Waals surface area contributed by atoms with E-state index in [9.17, 15) is 9.59 Å². The highest BCUT2D eigenvalue weighted by Gasteiger charge is 2.41. The molecule has 0 saturated carbocycles. The van der Waals surface area contributed by atoms with E-state index >= 15 is 0 Å². The molecule has 0 radical (unpaired) electrons. The van der Waals surface area contributed by atoms with Gasteiger partial charge in [0.2, 0.25) is 11.8 Å². The van der Waals surface area contributed by atoms with E-state index in [-0.39, 0.29) is 23.7 Å². The molecular weight excluding hydrogens is 168 g/mol. The molecule has 1 saturated heterocycles. The van der Waals surface area contributed by atoms with Crippen molar-refractivity contribution in [2.24, 2.45) is 17.6 Å². The summed E-state index contributed by atoms with van der Waals surface area (Å²) in [6, 6.07) is 0. The Morgan fingerprint density at radius 2 is 1.69 bits per heavy atom. The van der Waals surface area contributed by atoms with Gasteiger partial charge in [-0.15, -0.1) is 0 Å². The van der Waals surface area contributed by atoms with Crippen LogP contribution in [0.4, 0.5) is 0 Å². The van der Waals surface area contributed by atoms with Gasteiger partial charge in [-0.05, 0) is 13.0 Å². The van der Waals surface area contributed by atoms with Gasteiger partial charge < -0.3 is 5.73 Å². The summed E-state index contributed by atoms with van der Waals surface area (Å²) >= 11 is 0. The van der Waals surface area contributed by atoms with Gasteiger partial charge in [0.15, 0.2) is 0 Å². The molecule has 0 aromatic heterocycles. The van der Waals surface area contributed by atoms with Gasteiger partial charge in [0, 0.05) is 18.4 Å². The van der Waals surface area contributed by atoms with Crippen LogP contribution in [0.15, 0.2) is 0 Å². The van der Waals surface area contributed by atoms with Crippen LogP contribution in [0, 0.1) is 11.8 Å². The summed E-state index contributed by atoms with van der Waals surface area (Å²) < 4.78 is 0. The number of nitrogens with two attached hydrogens (primary N) is 1. The Kier molecular flexibility index (Phi) is 3.03. The molecule has 2 atom stereocenters. The molecule has 2 unspecified atom stereocenters. The van der Waals surface area contributed by atoms with Crippen molar-refractivity contribution in [3.63, 3.8) is 0 Å². The Morgan fingerprint density at radius 3 is 2.08 bits per heavy atom. The molecule has 0 bridgehead atoms. The van der Waals surface area contributed by atoms with E-state index in [1.165, 1.54) is 4.90 Å². The SMILES string of the molecule is CC1C(=O)N(CCCN)C(=O)C1C. The standard InChI is InChI=1S/C9H16N2O2/c1-6-7(2)9(13)11(8(6)12)5-3-4-10/h6-7H,3-5,10H2,1-2H3. The van der Waals surface area contributed by atoms with E-state index in [4.69, 9.17) is 5.73 Å². The van der Waals surface area contributed by atoms with Crippen molar-refractivity contribution in [1.29, 1.82) is 0 Å². The van der Waals surface area contributed by atoms with E-state index in [1.807, 2.05) is 0 Å². The van der Waals surface area contributed by atoms with Crippen LogP contribution in [0.25, 0.3) is 0 Å². The number of likely N-dealkylation sites (tertiary alicyclic amines) is 1. The molecule has 4 heteroatoms. The normalized spacial score (nSPS) is 28.7. The van der Waals surface area contributed by atoms with E-state index in [2.05, 4.69) is 0 Å². The summed E-state index contributed by atoms with van der Waals surface area (Å²) in [5.74, 6) is -0.424. The maximum Gasteiger partial charge on any atom is 0.232 e. The largest absolute Gasteiger partial charge is 0.330 e. The number of imide groups is 1. The summed E-state index contributed by atoms with van der Waals surface area (Å²) in [5.41, 5.74) is 5.32. The zero-order valence-corrected chi connectivity index (χ0v) is 8.12. The average molecular weight is 184 g/mol. The number of hydrogen-bond donors (Lipinski definition) is 1. The predicted molar refractivity (Wildman–Crippen MR) is 48.7 cm³/mol. The number of nitrogens with zero attached hydrogens (tertiary/aromatic N) is 1. The summed E-state index contributed by atoms with van der Waals surface area (Å²) in [7, 11) is 0. The number of hydrogen-bond acceptors (Lipinski definition) is 3. The number of amides is 2. The second-order valence-electron chi connectivity index (χ2n) is 3.55. The van der Waals surface area contributed by atoms with Crippen LogP contribution >= 0.6 is 0 Å². The molecule has 1 aliphatic heterocycles. The van der Waals surface area contributed by atoms with Crippen LogP contribution in [-0.2, 0) is 9.59 Å². The van der Waals surface area contributed by atoms with Crippen molar-refractivity contribution in [2.75, 3.05) is 13.1 Å². The quantitative estimate of drug-likeness (QED) is 0.627. The zero-order chi connectivity index (χ0) is 10.0. The lowest BCUT2D eigenvalue weighted by atomic mass is 10.00. The predicted octanol–water partition coefficient (Wildman–Crippen LogP) is -0.0238. The minimum absolute atomic E-state index is 0.0500. The van der Waals surface area contributed by atoms with Crippen molar-refractivity contribution in [2.45, 2.75) is 20.3 Å². The summed E-state index contributed by atoms with van der Waals surface area (Å²) in [6.45, 7) is 4.59. The van der Waals surface area contributed by atoms with Crippen molar-refractivity contribution >= 4 is 11.8 Å². The van der Waals surface area contributed by atoms with Gasteiger partial charge in [0.05, 0.1) is 0 Å². The fourth-order valence-corrected chi connectivity index (χ4v) is 1.50. The topological polar surface area (TPSA) is 63.4 Å². The second kappa shape index (κ2) is 3.87. The molecule has 0 aromatic rings. The minimum atomic E-state index is -0.162. The van der Waals surface area contributed by atoms with Crippen LogP contribution in [-0.4, -0.2) is 29.8 Å². The van der Waals surface area contributed by atoms with Crippen molar-refractivity contribution in [3.05, 3.63) is 0 Å². The van der Waals surface area contributed by atoms with Crippen molar-refractivity contribution < 1.29 is 9.59 Å². The Labute approximate surface area is 78.1 Å². The van der Waals surface area contributed by atoms with Gasteiger partial charge in [-0.3, -0.25) is 14.5 Å². The third-order valence-electron chi connectivity index (χ3n) is 2.65. The van der Waals surface area contributed by atoms with Crippen molar-refractivity contribution in [3.8, 4) is 0 Å². The molecule has 13 heavy (non-hydrogen) atoms. The van der Waals surface area contributed by atoms with Gasteiger partial charge in [0.1, 0.15) is 0 Å². The zero-order valence-electron chi connectivity index (χ0n) is 8.12. The number of carbonyl (C=O) groups is 2. The summed E-state index contributed by atoms with van der Waals surface area (Å²) in [5, 5.41) is 0. The number of rotatable bonds is 3. The van der Waals surface area contributed by atoms with Crippen LogP contribution in [0.2, 0.25) is 0 Å². The van der Waals surface area contributed by atoms with E-state index in [0.29, 0.717) is 19.5 Å². The molecule has 1 heterocycles. The first-order valence-electron chi connectivity index (χ1n) is 4.65. The fourth-order valence-electron chi connectivity index (χ4n) is 1.50. The lowest BCUT2D eigenvalue weighted by Gasteiger charge is -2.12. The summed E-state index contributed by atoms with van der Waals surface area (Å²) in [4.78, 5) is 24.3. The molecule has 0 aromatic carbocycles. The van der Waals surface area contributed by atoms with E-state index in [0.717, 1.165) is 0 Å². The molecule has 74 valence electrons. The molecule has 1 rings (SSSR count). The van der Waals surface area contributed by atoms with Crippen LogP contribution in [0.5, 0.6) is 0 Å². The highest BCUT2D eigenvalue weighted by atomic mass is 16.2. The van der Waals surface area contributed by atoms with Gasteiger partial charge in [0.25, 0.3) is 0 Å². The molecule has 2 N–H and O–H groups in total. The highest BCUT2D eigenvalue weighted by Crippen LogP contribution is 2.24. The lowest BCUT2D eigenvalue weighted by Crippen LogP contribution is -2.32. The van der Waals surface area contributed by atoms with Crippen LogP contribution in [0.1, 0.15) is 20.3 Å². The Bertz CT molecular complexity index is 208. The summed E-state index contributed by atoms with van der Waals surface area (Å²) in [6.07, 6.45) is 0.691. The number of carbonyl (C=O) groups excluding carboxylic acids is 2. The van der Waals surface area contributed by atoms with Gasteiger partial charge in [-0.2, -0.15) is 0 Å². The van der Waals surface area contributed by atoms with Gasteiger partial charge in [-0.25, -0.2) is 0 Å². The molecule has 1 aliphatic rings. The molecular formula is C9H16N2O2. The molecule has 4 nitrogen and oxygen atoms in total. The van der Waals surface area contributed by atoms with E-state index < -0.39 is 0 Å². The molecule has 2 amide bonds. The van der Waals surface area contributed by atoms with E-state index in [1.54, 1.807) is 13.8 Å². The Hall–Kier alpha value is -0.900. The second-order valence-corrected chi connectivity index (χ2v) is 3.55. The van der Waals surface area contributed by atoms with Gasteiger partial charge >= 0.3 is 0 Å². The van der Waals surface area contributed by atoms with Crippen molar-refractivity contribution in [1.82, 2.24) is 4.90 Å². The first kappa shape index (κ1) is 10.2. The molecule has 0 aliphatic carbocycles. The maximum atomic E-state index is 11.5. The first-order chi connectivity index (χ1) is 6.09. The molecule has 0 spiro atoms. The third-order valence-corrected chi connectivity index (χ3v) is 2.65. The minimum Gasteiger partial charge on any atom is -0.330 e. The first-order valence-corrected chi connectivity index (χ1v) is 4.65. The third kappa shape index (κ3) is 1.72.